The number of carbonyl (C=O) groups excluding carboxylic acids is 2. The smallest absolute Gasteiger partial charge is 0.243 e. The molecule has 2 aromatic carbocycles. The number of aryl methyl sites for hydroxylation is 1. The Morgan fingerprint density at radius 2 is 1.71 bits per heavy atom. The molecule has 2 aromatic rings. The number of likely N-dealkylation sites (N-methyl/N-ethyl adjacent to an activating group) is 1. The van der Waals surface area contributed by atoms with Crippen LogP contribution in [0.1, 0.15) is 23.6 Å². The van der Waals surface area contributed by atoms with Gasteiger partial charge in [-0.15, -0.1) is 0 Å². The van der Waals surface area contributed by atoms with E-state index in [1.54, 1.807) is 7.05 Å². The fraction of sp³-hybridized carbons (Fsp3) is 0.263. The summed E-state index contributed by atoms with van der Waals surface area (Å²) in [6.45, 7) is 1.97. The largest absolute Gasteiger partial charge is 0.336 e. The third kappa shape index (κ3) is 5.21. The van der Waals surface area contributed by atoms with E-state index in [-0.39, 0.29) is 30.8 Å². The number of nitrogens with zero attached hydrogens (tertiary/aromatic N) is 1. The molecular formula is C19H23N3O2. The third-order valence-electron chi connectivity index (χ3n) is 3.76. The summed E-state index contributed by atoms with van der Waals surface area (Å²) in [6.07, 6.45) is 0.165. The SMILES string of the molecule is Cc1ccc(NC(=O)CN(C)C(=O)CC(N)c2ccccc2)cc1. The monoisotopic (exact) mass is 325 g/mol. The number of hydrogen-bond acceptors (Lipinski definition) is 3. The van der Waals surface area contributed by atoms with Gasteiger partial charge in [-0.25, -0.2) is 0 Å². The minimum absolute atomic E-state index is 0.00573. The van der Waals surface area contributed by atoms with Crippen molar-refractivity contribution >= 4 is 17.5 Å². The van der Waals surface area contributed by atoms with Crippen LogP contribution < -0.4 is 11.1 Å². The van der Waals surface area contributed by atoms with Gasteiger partial charge >= 0.3 is 0 Å². The predicted octanol–water partition coefficient (Wildman–Crippen LogP) is 2.48. The van der Waals surface area contributed by atoms with Gasteiger partial charge in [0.1, 0.15) is 0 Å². The highest BCUT2D eigenvalue weighted by atomic mass is 16.2. The zero-order valence-electron chi connectivity index (χ0n) is 14.0. The van der Waals surface area contributed by atoms with Gasteiger partial charge in [-0.1, -0.05) is 48.0 Å². The highest BCUT2D eigenvalue weighted by molar-refractivity contribution is 5.94. The average molecular weight is 325 g/mol. The molecular weight excluding hydrogens is 302 g/mol. The summed E-state index contributed by atoms with van der Waals surface area (Å²) >= 11 is 0. The molecule has 0 aromatic heterocycles. The number of carbonyl (C=O) groups is 2. The predicted molar refractivity (Wildman–Crippen MR) is 95.4 cm³/mol. The number of nitrogens with one attached hydrogen (secondary N) is 1. The first-order valence-corrected chi connectivity index (χ1v) is 7.86. The van der Waals surface area contributed by atoms with Gasteiger partial charge in [-0.3, -0.25) is 9.59 Å². The van der Waals surface area contributed by atoms with Crippen LogP contribution in [0.5, 0.6) is 0 Å². The van der Waals surface area contributed by atoms with Gasteiger partial charge in [0.2, 0.25) is 11.8 Å². The van der Waals surface area contributed by atoms with Gasteiger partial charge in [0.15, 0.2) is 0 Å². The maximum Gasteiger partial charge on any atom is 0.243 e. The number of benzene rings is 2. The van der Waals surface area contributed by atoms with Gasteiger partial charge in [0.05, 0.1) is 6.54 Å². The standard InChI is InChI=1S/C19H23N3O2/c1-14-8-10-16(11-9-14)21-18(23)13-22(2)19(24)12-17(20)15-6-4-3-5-7-15/h3-11,17H,12-13,20H2,1-2H3,(H,21,23). The minimum atomic E-state index is -0.374. The molecule has 24 heavy (non-hydrogen) atoms. The third-order valence-corrected chi connectivity index (χ3v) is 3.76. The van der Waals surface area contributed by atoms with E-state index >= 15 is 0 Å². The molecule has 0 aliphatic rings. The Balaban J connectivity index is 1.84. The van der Waals surface area contributed by atoms with Crippen LogP contribution in [0.3, 0.4) is 0 Å². The first-order valence-electron chi connectivity index (χ1n) is 7.86. The van der Waals surface area contributed by atoms with E-state index in [4.69, 9.17) is 5.73 Å². The molecule has 0 heterocycles. The molecule has 0 bridgehead atoms. The molecule has 0 spiro atoms. The summed E-state index contributed by atoms with van der Waals surface area (Å²) in [4.78, 5) is 25.7. The van der Waals surface area contributed by atoms with E-state index in [1.165, 1.54) is 4.90 Å². The van der Waals surface area contributed by atoms with Crippen molar-refractivity contribution in [1.29, 1.82) is 0 Å². The van der Waals surface area contributed by atoms with Crippen molar-refractivity contribution in [2.24, 2.45) is 5.73 Å². The van der Waals surface area contributed by atoms with Crippen LogP contribution in [0.25, 0.3) is 0 Å². The summed E-state index contributed by atoms with van der Waals surface area (Å²) in [7, 11) is 1.61. The fourth-order valence-electron chi connectivity index (χ4n) is 2.30. The molecule has 0 fully saturated rings. The maximum absolute atomic E-state index is 12.2. The van der Waals surface area contributed by atoms with Crippen LogP contribution in [0, 0.1) is 6.92 Å². The van der Waals surface area contributed by atoms with Gasteiger partial charge in [0.25, 0.3) is 0 Å². The van der Waals surface area contributed by atoms with Gasteiger partial charge in [-0.2, -0.15) is 0 Å². The lowest BCUT2D eigenvalue weighted by molar-refractivity contribution is -0.133. The van der Waals surface area contributed by atoms with Crippen molar-refractivity contribution in [3.8, 4) is 0 Å². The molecule has 0 aliphatic carbocycles. The molecule has 2 rings (SSSR count). The van der Waals surface area contributed by atoms with Crippen LogP contribution in [0.2, 0.25) is 0 Å². The highest BCUT2D eigenvalue weighted by Gasteiger charge is 2.17. The Morgan fingerprint density at radius 1 is 1.08 bits per heavy atom. The summed E-state index contributed by atoms with van der Waals surface area (Å²) in [5.74, 6) is -0.395. The molecule has 3 N–H and O–H groups in total. The first kappa shape index (κ1) is 17.7. The lowest BCUT2D eigenvalue weighted by atomic mass is 10.0. The van der Waals surface area contributed by atoms with Crippen LogP contribution in [0.15, 0.2) is 54.6 Å². The number of hydrogen-bond donors (Lipinski definition) is 2. The van der Waals surface area contributed by atoms with Crippen molar-refractivity contribution in [2.75, 3.05) is 18.9 Å². The summed E-state index contributed by atoms with van der Waals surface area (Å²) in [5, 5.41) is 2.78. The Hall–Kier alpha value is -2.66. The Bertz CT molecular complexity index is 684. The number of amides is 2. The lowest BCUT2D eigenvalue weighted by Gasteiger charge is -2.19. The van der Waals surface area contributed by atoms with Gasteiger partial charge in [0, 0.05) is 25.2 Å². The van der Waals surface area contributed by atoms with E-state index in [2.05, 4.69) is 5.32 Å². The van der Waals surface area contributed by atoms with Crippen molar-refractivity contribution in [3.05, 3.63) is 65.7 Å². The second kappa shape index (κ2) is 8.26. The van der Waals surface area contributed by atoms with Gasteiger partial charge in [-0.05, 0) is 24.6 Å². The molecule has 2 amide bonds. The molecule has 1 atom stereocenters. The quantitative estimate of drug-likeness (QED) is 0.857. The Labute approximate surface area is 142 Å². The highest BCUT2D eigenvalue weighted by Crippen LogP contribution is 2.14. The molecule has 0 saturated heterocycles. The van der Waals surface area contributed by atoms with E-state index in [0.29, 0.717) is 5.69 Å². The van der Waals surface area contributed by atoms with E-state index in [0.717, 1.165) is 11.1 Å². The molecule has 5 nitrogen and oxygen atoms in total. The maximum atomic E-state index is 12.2. The molecule has 5 heteroatoms. The van der Waals surface area contributed by atoms with Gasteiger partial charge < -0.3 is 16.0 Å². The number of rotatable bonds is 6. The summed E-state index contributed by atoms with van der Waals surface area (Å²) in [5.41, 5.74) is 8.80. The van der Waals surface area contributed by atoms with E-state index < -0.39 is 0 Å². The zero-order chi connectivity index (χ0) is 17.5. The topological polar surface area (TPSA) is 75.4 Å². The second-order valence-electron chi connectivity index (χ2n) is 5.89. The van der Waals surface area contributed by atoms with E-state index in [1.807, 2.05) is 61.5 Å². The van der Waals surface area contributed by atoms with Crippen molar-refractivity contribution in [2.45, 2.75) is 19.4 Å². The Kier molecular flexibility index (Phi) is 6.09. The molecule has 0 radical (unpaired) electrons. The molecule has 1 unspecified atom stereocenters. The lowest BCUT2D eigenvalue weighted by Crippen LogP contribution is -2.36. The Morgan fingerprint density at radius 3 is 2.33 bits per heavy atom. The summed E-state index contributed by atoms with van der Waals surface area (Å²) < 4.78 is 0. The van der Waals surface area contributed by atoms with Crippen LogP contribution in [-0.4, -0.2) is 30.3 Å². The van der Waals surface area contributed by atoms with Crippen molar-refractivity contribution < 1.29 is 9.59 Å². The number of anilines is 1. The second-order valence-corrected chi connectivity index (χ2v) is 5.89. The fourth-order valence-corrected chi connectivity index (χ4v) is 2.30. The van der Waals surface area contributed by atoms with Crippen LogP contribution in [0.4, 0.5) is 5.69 Å². The molecule has 126 valence electrons. The minimum Gasteiger partial charge on any atom is -0.336 e. The van der Waals surface area contributed by atoms with Crippen molar-refractivity contribution in [1.82, 2.24) is 4.90 Å². The molecule has 0 saturated carbocycles. The van der Waals surface area contributed by atoms with Crippen LogP contribution >= 0.6 is 0 Å². The average Bonchev–Trinajstić information content (AvgIpc) is 2.57. The molecule has 0 aliphatic heterocycles. The van der Waals surface area contributed by atoms with Crippen LogP contribution in [-0.2, 0) is 9.59 Å². The van der Waals surface area contributed by atoms with E-state index in [9.17, 15) is 9.59 Å². The normalized spacial score (nSPS) is 11.6. The first-order chi connectivity index (χ1) is 11.5. The summed E-state index contributed by atoms with van der Waals surface area (Å²) in [6, 6.07) is 16.6. The van der Waals surface area contributed by atoms with Crippen molar-refractivity contribution in [3.63, 3.8) is 0 Å². The number of nitrogens with two attached hydrogens (primary N) is 1. The zero-order valence-corrected chi connectivity index (χ0v) is 14.0.